The number of H-pyrrole nitrogens is 1. The second-order valence-electron chi connectivity index (χ2n) is 7.09. The van der Waals surface area contributed by atoms with Crippen LogP contribution in [-0.4, -0.2) is 62.6 Å². The van der Waals surface area contributed by atoms with Crippen molar-refractivity contribution in [3.8, 4) is 0 Å². The minimum atomic E-state index is -0.340. The molecule has 1 saturated heterocycles. The van der Waals surface area contributed by atoms with Crippen LogP contribution >= 0.6 is 0 Å². The van der Waals surface area contributed by atoms with E-state index in [0.29, 0.717) is 43.9 Å². The maximum absolute atomic E-state index is 13.1. The fourth-order valence-electron chi connectivity index (χ4n) is 3.56. The Morgan fingerprint density at radius 3 is 2.69 bits per heavy atom. The number of halogens is 1. The van der Waals surface area contributed by atoms with Gasteiger partial charge in [0.1, 0.15) is 18.2 Å². The molecule has 0 unspecified atom stereocenters. The summed E-state index contributed by atoms with van der Waals surface area (Å²) in [5.41, 5.74) is 1.05. The Bertz CT molecular complexity index is 1070. The van der Waals surface area contributed by atoms with Gasteiger partial charge in [0, 0.05) is 26.1 Å². The average molecular weight is 400 g/mol. The van der Waals surface area contributed by atoms with Crippen LogP contribution in [0.15, 0.2) is 29.1 Å². The van der Waals surface area contributed by atoms with Gasteiger partial charge in [-0.1, -0.05) is 17.3 Å². The lowest BCUT2D eigenvalue weighted by Gasteiger charge is -2.31. The van der Waals surface area contributed by atoms with E-state index in [1.807, 2.05) is 0 Å². The van der Waals surface area contributed by atoms with Gasteiger partial charge in [-0.05, 0) is 30.5 Å². The highest BCUT2D eigenvalue weighted by atomic mass is 19.1. The van der Waals surface area contributed by atoms with E-state index in [0.717, 1.165) is 5.56 Å². The van der Waals surface area contributed by atoms with Gasteiger partial charge in [0.05, 0.1) is 6.54 Å². The highest BCUT2D eigenvalue weighted by molar-refractivity contribution is 5.77. The summed E-state index contributed by atoms with van der Waals surface area (Å²) in [5, 5.41) is 7.98. The SMILES string of the molecule is COCC(=O)N1CCC(c2nc3c(nnn3Cc3ccc(F)cc3)c(=O)[nH]2)CC1. The molecule has 0 radical (unpaired) electrons. The molecule has 0 spiro atoms. The second-order valence-corrected chi connectivity index (χ2v) is 7.09. The maximum atomic E-state index is 13.1. The van der Waals surface area contributed by atoms with Crippen molar-refractivity contribution in [1.29, 1.82) is 0 Å². The Labute approximate surface area is 165 Å². The molecule has 3 aromatic rings. The molecule has 1 aliphatic heterocycles. The first-order chi connectivity index (χ1) is 14.0. The van der Waals surface area contributed by atoms with Gasteiger partial charge in [-0.3, -0.25) is 9.59 Å². The number of benzene rings is 1. The molecule has 4 rings (SSSR count). The number of aromatic amines is 1. The van der Waals surface area contributed by atoms with E-state index in [1.165, 1.54) is 19.2 Å². The van der Waals surface area contributed by atoms with Crippen LogP contribution in [0.25, 0.3) is 11.2 Å². The largest absolute Gasteiger partial charge is 0.375 e. The van der Waals surface area contributed by atoms with Gasteiger partial charge in [0.25, 0.3) is 5.56 Å². The number of ether oxygens (including phenoxy) is 1. The van der Waals surface area contributed by atoms with Gasteiger partial charge in [-0.25, -0.2) is 14.1 Å². The molecule has 1 aliphatic rings. The van der Waals surface area contributed by atoms with Crippen molar-refractivity contribution in [2.75, 3.05) is 26.8 Å². The van der Waals surface area contributed by atoms with E-state index in [-0.39, 0.29) is 35.3 Å². The summed E-state index contributed by atoms with van der Waals surface area (Å²) in [4.78, 5) is 33.6. The van der Waals surface area contributed by atoms with E-state index in [4.69, 9.17) is 4.74 Å². The Morgan fingerprint density at radius 1 is 1.28 bits per heavy atom. The minimum absolute atomic E-state index is 0.0351. The van der Waals surface area contributed by atoms with Crippen LogP contribution in [0, 0.1) is 5.82 Å². The number of rotatable bonds is 5. The third-order valence-corrected chi connectivity index (χ3v) is 5.14. The Hall–Kier alpha value is -3.14. The van der Waals surface area contributed by atoms with Crippen LogP contribution in [0.3, 0.4) is 0 Å². The van der Waals surface area contributed by atoms with Crippen molar-refractivity contribution < 1.29 is 13.9 Å². The lowest BCUT2D eigenvalue weighted by molar-refractivity contribution is -0.136. The Kier molecular flexibility index (Phi) is 5.34. The van der Waals surface area contributed by atoms with Crippen molar-refractivity contribution in [2.45, 2.75) is 25.3 Å². The first-order valence-electron chi connectivity index (χ1n) is 9.39. The number of nitrogens with zero attached hydrogens (tertiary/aromatic N) is 5. The van der Waals surface area contributed by atoms with Gasteiger partial charge >= 0.3 is 0 Å². The van der Waals surface area contributed by atoms with E-state index >= 15 is 0 Å². The number of fused-ring (bicyclic) bond motifs is 1. The number of methoxy groups -OCH3 is 1. The van der Waals surface area contributed by atoms with Crippen LogP contribution in [0.5, 0.6) is 0 Å². The zero-order chi connectivity index (χ0) is 20.4. The van der Waals surface area contributed by atoms with Crippen LogP contribution < -0.4 is 5.56 Å². The number of amides is 1. The molecule has 0 saturated carbocycles. The summed E-state index contributed by atoms with van der Waals surface area (Å²) in [6.07, 6.45) is 1.40. The number of carbonyl (C=O) groups is 1. The van der Waals surface area contributed by atoms with Gasteiger partial charge < -0.3 is 14.6 Å². The number of piperidine rings is 1. The van der Waals surface area contributed by atoms with Gasteiger partial charge in [-0.15, -0.1) is 5.10 Å². The van der Waals surface area contributed by atoms with E-state index in [1.54, 1.807) is 21.7 Å². The van der Waals surface area contributed by atoms with Crippen molar-refractivity contribution in [3.05, 3.63) is 51.8 Å². The van der Waals surface area contributed by atoms with Gasteiger partial charge in [-0.2, -0.15) is 0 Å². The van der Waals surface area contributed by atoms with E-state index in [2.05, 4.69) is 20.3 Å². The Morgan fingerprint density at radius 2 is 2.00 bits per heavy atom. The van der Waals surface area contributed by atoms with Crippen LogP contribution in [0.1, 0.15) is 30.1 Å². The maximum Gasteiger partial charge on any atom is 0.281 e. The van der Waals surface area contributed by atoms with Crippen LogP contribution in [0.2, 0.25) is 0 Å². The summed E-state index contributed by atoms with van der Waals surface area (Å²) in [5.74, 6) is 0.255. The monoisotopic (exact) mass is 400 g/mol. The molecule has 1 amide bonds. The molecule has 0 aliphatic carbocycles. The molecular weight excluding hydrogens is 379 g/mol. The summed E-state index contributed by atoms with van der Waals surface area (Å²) in [7, 11) is 1.50. The molecule has 2 aromatic heterocycles. The fourth-order valence-corrected chi connectivity index (χ4v) is 3.56. The lowest BCUT2D eigenvalue weighted by atomic mass is 9.96. The molecule has 0 bridgehead atoms. The second kappa shape index (κ2) is 8.08. The molecule has 9 nitrogen and oxygen atoms in total. The van der Waals surface area contributed by atoms with Gasteiger partial charge in [0.15, 0.2) is 11.2 Å². The molecule has 3 heterocycles. The first kappa shape index (κ1) is 19.2. The quantitative estimate of drug-likeness (QED) is 0.686. The summed E-state index contributed by atoms with van der Waals surface area (Å²) < 4.78 is 19.6. The third-order valence-electron chi connectivity index (χ3n) is 5.14. The number of nitrogens with one attached hydrogen (secondary N) is 1. The number of hydrogen-bond donors (Lipinski definition) is 1. The Balaban J connectivity index is 1.56. The minimum Gasteiger partial charge on any atom is -0.375 e. The predicted molar refractivity (Wildman–Crippen MR) is 102 cm³/mol. The van der Waals surface area contributed by atoms with E-state index < -0.39 is 0 Å². The lowest BCUT2D eigenvalue weighted by Crippen LogP contribution is -2.40. The van der Waals surface area contributed by atoms with Crippen molar-refractivity contribution in [1.82, 2.24) is 29.9 Å². The average Bonchev–Trinajstić information content (AvgIpc) is 3.13. The molecule has 1 N–H and O–H groups in total. The molecule has 10 heteroatoms. The predicted octanol–water partition coefficient (Wildman–Crippen LogP) is 1.05. The zero-order valence-corrected chi connectivity index (χ0v) is 16.0. The number of carbonyl (C=O) groups excluding carboxylic acids is 1. The molecule has 0 atom stereocenters. The summed E-state index contributed by atoms with van der Waals surface area (Å²) in [6, 6.07) is 6.06. The summed E-state index contributed by atoms with van der Waals surface area (Å²) in [6.45, 7) is 1.57. The number of aromatic nitrogens is 5. The van der Waals surface area contributed by atoms with Crippen molar-refractivity contribution >= 4 is 17.1 Å². The van der Waals surface area contributed by atoms with Crippen molar-refractivity contribution in [3.63, 3.8) is 0 Å². The standard InChI is InChI=1S/C19H21FN6O3/c1-29-11-15(27)25-8-6-13(7-9-25)17-21-18-16(19(28)22-17)23-24-26(18)10-12-2-4-14(20)5-3-12/h2-5,13H,6-11H2,1H3,(H,21,22,28). The zero-order valence-electron chi connectivity index (χ0n) is 16.0. The topological polar surface area (TPSA) is 106 Å². The van der Waals surface area contributed by atoms with Crippen molar-refractivity contribution in [2.24, 2.45) is 0 Å². The van der Waals surface area contributed by atoms with Crippen LogP contribution in [0.4, 0.5) is 4.39 Å². The normalized spacial score (nSPS) is 15.2. The molecule has 29 heavy (non-hydrogen) atoms. The molecular formula is C19H21FN6O3. The van der Waals surface area contributed by atoms with Gasteiger partial charge in [0.2, 0.25) is 5.91 Å². The molecule has 1 fully saturated rings. The summed E-state index contributed by atoms with van der Waals surface area (Å²) >= 11 is 0. The number of likely N-dealkylation sites (tertiary alicyclic amines) is 1. The first-order valence-corrected chi connectivity index (χ1v) is 9.39. The highest BCUT2D eigenvalue weighted by Crippen LogP contribution is 2.25. The third kappa shape index (κ3) is 4.02. The highest BCUT2D eigenvalue weighted by Gasteiger charge is 2.26. The molecule has 152 valence electrons. The number of hydrogen-bond acceptors (Lipinski definition) is 6. The van der Waals surface area contributed by atoms with Crippen LogP contribution in [-0.2, 0) is 16.1 Å². The molecule has 1 aromatic carbocycles. The fraction of sp³-hybridized carbons (Fsp3) is 0.421. The smallest absolute Gasteiger partial charge is 0.281 e. The van der Waals surface area contributed by atoms with E-state index in [9.17, 15) is 14.0 Å².